The Balaban J connectivity index is 3.33. The van der Waals surface area contributed by atoms with E-state index in [1.165, 1.54) is 11.6 Å². The first-order chi connectivity index (χ1) is 8.99. The summed E-state index contributed by atoms with van der Waals surface area (Å²) in [7, 11) is 1.61. The SMILES string of the molecule is CCC/C(=C\C(=O)O)c1cc(C(C)C)ccc1OC. The number of carboxylic acids is 1. The quantitative estimate of drug-likeness (QED) is 0.785. The van der Waals surface area contributed by atoms with Crippen molar-refractivity contribution in [3.05, 3.63) is 35.4 Å². The van der Waals surface area contributed by atoms with E-state index in [1.54, 1.807) is 7.11 Å². The average Bonchev–Trinajstić information content (AvgIpc) is 2.36. The van der Waals surface area contributed by atoms with Gasteiger partial charge >= 0.3 is 5.97 Å². The molecule has 1 aromatic rings. The van der Waals surface area contributed by atoms with Gasteiger partial charge in [0.2, 0.25) is 0 Å². The summed E-state index contributed by atoms with van der Waals surface area (Å²) in [6.45, 7) is 6.27. The molecule has 0 amide bonds. The molecule has 0 saturated carbocycles. The number of benzene rings is 1. The first kappa shape index (κ1) is 15.3. The van der Waals surface area contributed by atoms with Crippen molar-refractivity contribution in [1.29, 1.82) is 0 Å². The average molecular weight is 262 g/mol. The smallest absolute Gasteiger partial charge is 0.328 e. The number of hydrogen-bond donors (Lipinski definition) is 1. The van der Waals surface area contributed by atoms with Crippen LogP contribution in [0.2, 0.25) is 0 Å². The first-order valence-electron chi connectivity index (χ1n) is 6.61. The van der Waals surface area contributed by atoms with E-state index in [1.807, 2.05) is 25.1 Å². The molecule has 1 N–H and O–H groups in total. The highest BCUT2D eigenvalue weighted by atomic mass is 16.5. The third-order valence-electron chi connectivity index (χ3n) is 3.05. The second-order valence-corrected chi connectivity index (χ2v) is 4.87. The van der Waals surface area contributed by atoms with E-state index in [9.17, 15) is 4.79 Å². The van der Waals surface area contributed by atoms with Gasteiger partial charge in [0.05, 0.1) is 7.11 Å². The maximum Gasteiger partial charge on any atom is 0.328 e. The van der Waals surface area contributed by atoms with Crippen LogP contribution in [0, 0.1) is 0 Å². The molecule has 104 valence electrons. The predicted octanol–water partition coefficient (Wildman–Crippen LogP) is 4.09. The summed E-state index contributed by atoms with van der Waals surface area (Å²) in [5.41, 5.74) is 2.88. The van der Waals surface area contributed by atoms with Gasteiger partial charge in [-0.3, -0.25) is 0 Å². The lowest BCUT2D eigenvalue weighted by atomic mass is 9.94. The molecule has 1 aromatic carbocycles. The minimum absolute atomic E-state index is 0.400. The van der Waals surface area contributed by atoms with E-state index in [4.69, 9.17) is 9.84 Å². The molecule has 0 saturated heterocycles. The second kappa shape index (κ2) is 6.98. The molecule has 0 heterocycles. The van der Waals surface area contributed by atoms with Crippen LogP contribution < -0.4 is 4.74 Å². The molecule has 0 atom stereocenters. The highest BCUT2D eigenvalue weighted by molar-refractivity contribution is 5.91. The third-order valence-corrected chi connectivity index (χ3v) is 3.05. The Morgan fingerprint density at radius 2 is 2.11 bits per heavy atom. The van der Waals surface area contributed by atoms with Gasteiger partial charge in [-0.15, -0.1) is 0 Å². The monoisotopic (exact) mass is 262 g/mol. The van der Waals surface area contributed by atoms with Crippen molar-refractivity contribution >= 4 is 11.5 Å². The number of methoxy groups -OCH3 is 1. The summed E-state index contributed by atoms with van der Waals surface area (Å²) in [6, 6.07) is 5.97. The Kier molecular flexibility index (Phi) is 5.61. The molecule has 0 fully saturated rings. The van der Waals surface area contributed by atoms with Crippen LogP contribution in [0.25, 0.3) is 5.57 Å². The third kappa shape index (κ3) is 4.12. The number of aliphatic carboxylic acids is 1. The van der Waals surface area contributed by atoms with Crippen LogP contribution in [-0.4, -0.2) is 18.2 Å². The Morgan fingerprint density at radius 1 is 1.42 bits per heavy atom. The predicted molar refractivity (Wildman–Crippen MR) is 77.6 cm³/mol. The van der Waals surface area contributed by atoms with Crippen molar-refractivity contribution < 1.29 is 14.6 Å². The molecular weight excluding hydrogens is 240 g/mol. The molecule has 0 aliphatic carbocycles. The van der Waals surface area contributed by atoms with Gasteiger partial charge in [0.15, 0.2) is 0 Å². The Bertz CT molecular complexity index is 473. The second-order valence-electron chi connectivity index (χ2n) is 4.87. The van der Waals surface area contributed by atoms with Crippen LogP contribution in [0.15, 0.2) is 24.3 Å². The summed E-state index contributed by atoms with van der Waals surface area (Å²) in [5, 5.41) is 9.00. The molecule has 0 aliphatic heterocycles. The zero-order chi connectivity index (χ0) is 14.4. The number of ether oxygens (including phenoxy) is 1. The van der Waals surface area contributed by atoms with Crippen molar-refractivity contribution in [2.75, 3.05) is 7.11 Å². The zero-order valence-corrected chi connectivity index (χ0v) is 12.1. The Labute approximate surface area is 114 Å². The maximum absolute atomic E-state index is 11.0. The van der Waals surface area contributed by atoms with Gasteiger partial charge < -0.3 is 9.84 Å². The van der Waals surface area contributed by atoms with Gasteiger partial charge in [0.25, 0.3) is 0 Å². The lowest BCUT2D eigenvalue weighted by molar-refractivity contribution is -0.131. The minimum atomic E-state index is -0.916. The van der Waals surface area contributed by atoms with E-state index in [0.29, 0.717) is 5.92 Å². The van der Waals surface area contributed by atoms with E-state index in [2.05, 4.69) is 13.8 Å². The lowest BCUT2D eigenvalue weighted by Crippen LogP contribution is -1.98. The van der Waals surface area contributed by atoms with Crippen LogP contribution >= 0.6 is 0 Å². The molecule has 0 bridgehead atoms. The summed E-state index contributed by atoms with van der Waals surface area (Å²) in [5.74, 6) is 0.211. The fourth-order valence-electron chi connectivity index (χ4n) is 2.04. The number of allylic oxidation sites excluding steroid dienone is 1. The van der Waals surface area contributed by atoms with Crippen molar-refractivity contribution in [3.8, 4) is 5.75 Å². The summed E-state index contributed by atoms with van der Waals surface area (Å²) in [4.78, 5) is 11.0. The van der Waals surface area contributed by atoms with Crippen molar-refractivity contribution in [3.63, 3.8) is 0 Å². The zero-order valence-electron chi connectivity index (χ0n) is 12.1. The minimum Gasteiger partial charge on any atom is -0.496 e. The van der Waals surface area contributed by atoms with E-state index in [0.717, 1.165) is 29.7 Å². The summed E-state index contributed by atoms with van der Waals surface area (Å²) >= 11 is 0. The number of carbonyl (C=O) groups is 1. The van der Waals surface area contributed by atoms with Crippen LogP contribution in [0.3, 0.4) is 0 Å². The van der Waals surface area contributed by atoms with Crippen molar-refractivity contribution in [1.82, 2.24) is 0 Å². The van der Waals surface area contributed by atoms with Gasteiger partial charge in [0.1, 0.15) is 5.75 Å². The standard InChI is InChI=1S/C16H22O3/c1-5-6-13(10-16(17)18)14-9-12(11(2)3)7-8-15(14)19-4/h7-11H,5-6H2,1-4H3,(H,17,18)/b13-10+. The van der Waals surface area contributed by atoms with Gasteiger partial charge in [-0.25, -0.2) is 4.79 Å². The van der Waals surface area contributed by atoms with Crippen LogP contribution in [-0.2, 0) is 4.79 Å². The largest absolute Gasteiger partial charge is 0.496 e. The van der Waals surface area contributed by atoms with E-state index in [-0.39, 0.29) is 0 Å². The van der Waals surface area contributed by atoms with Gasteiger partial charge in [-0.2, -0.15) is 0 Å². The number of hydrogen-bond acceptors (Lipinski definition) is 2. The molecule has 0 spiro atoms. The molecular formula is C16H22O3. The van der Waals surface area contributed by atoms with E-state index >= 15 is 0 Å². The van der Waals surface area contributed by atoms with Crippen molar-refractivity contribution in [2.45, 2.75) is 39.5 Å². The topological polar surface area (TPSA) is 46.5 Å². The molecule has 3 nitrogen and oxygen atoms in total. The fourth-order valence-corrected chi connectivity index (χ4v) is 2.04. The van der Waals surface area contributed by atoms with Gasteiger partial charge in [0, 0.05) is 11.6 Å². The van der Waals surface area contributed by atoms with Crippen LogP contribution in [0.4, 0.5) is 0 Å². The molecule has 0 aliphatic rings. The first-order valence-corrected chi connectivity index (χ1v) is 6.61. The summed E-state index contributed by atoms with van der Waals surface area (Å²) < 4.78 is 5.36. The lowest BCUT2D eigenvalue weighted by Gasteiger charge is -2.15. The number of rotatable bonds is 6. The van der Waals surface area contributed by atoms with Gasteiger partial charge in [-0.05, 0) is 35.6 Å². The Hall–Kier alpha value is -1.77. The van der Waals surface area contributed by atoms with Gasteiger partial charge in [-0.1, -0.05) is 33.3 Å². The van der Waals surface area contributed by atoms with Crippen LogP contribution in [0.5, 0.6) is 5.75 Å². The summed E-state index contributed by atoms with van der Waals surface area (Å²) in [6.07, 6.45) is 2.91. The Morgan fingerprint density at radius 3 is 2.58 bits per heavy atom. The molecule has 0 unspecified atom stereocenters. The number of carboxylic acid groups (broad SMARTS) is 1. The molecule has 3 heteroatoms. The molecule has 0 radical (unpaired) electrons. The highest BCUT2D eigenvalue weighted by Crippen LogP contribution is 2.32. The molecule has 19 heavy (non-hydrogen) atoms. The molecule has 0 aromatic heterocycles. The fraction of sp³-hybridized carbons (Fsp3) is 0.438. The van der Waals surface area contributed by atoms with Crippen molar-refractivity contribution in [2.24, 2.45) is 0 Å². The maximum atomic E-state index is 11.0. The highest BCUT2D eigenvalue weighted by Gasteiger charge is 2.12. The molecule has 1 rings (SSSR count). The van der Waals surface area contributed by atoms with Crippen LogP contribution in [0.1, 0.15) is 50.7 Å². The van der Waals surface area contributed by atoms with E-state index < -0.39 is 5.97 Å². The normalized spacial score (nSPS) is 11.7.